The molecule has 0 spiro atoms. The Kier molecular flexibility index (Phi) is 2.82. The van der Waals surface area contributed by atoms with Crippen LogP contribution in [-0.2, 0) is 6.42 Å². The number of nitrogens with two attached hydrogens (primary N) is 1. The Morgan fingerprint density at radius 1 is 1.22 bits per heavy atom. The van der Waals surface area contributed by atoms with Gasteiger partial charge in [-0.3, -0.25) is 5.10 Å². The van der Waals surface area contributed by atoms with Gasteiger partial charge in [0.1, 0.15) is 5.82 Å². The van der Waals surface area contributed by atoms with Crippen LogP contribution >= 0.6 is 11.3 Å². The minimum absolute atomic E-state index is 0.712. The molecule has 0 fully saturated rings. The number of benzene rings is 1. The van der Waals surface area contributed by atoms with Crippen molar-refractivity contribution in [2.45, 2.75) is 6.42 Å². The average Bonchev–Trinajstić information content (AvgIpc) is 2.98. The maximum Gasteiger partial charge on any atom is 0.191 e. The number of aromatic nitrogens is 3. The van der Waals surface area contributed by atoms with Crippen LogP contribution in [0.2, 0.25) is 0 Å². The lowest BCUT2D eigenvalue weighted by Gasteiger charge is -1.98. The lowest BCUT2D eigenvalue weighted by atomic mass is 10.1. The lowest BCUT2D eigenvalue weighted by Crippen LogP contribution is -1.92. The van der Waals surface area contributed by atoms with Crippen LogP contribution in [0.15, 0.2) is 41.8 Å². The Morgan fingerprint density at radius 2 is 2.17 bits per heavy atom. The minimum Gasteiger partial charge on any atom is -0.399 e. The van der Waals surface area contributed by atoms with Crippen molar-refractivity contribution in [2.24, 2.45) is 0 Å². The summed E-state index contributed by atoms with van der Waals surface area (Å²) < 4.78 is 0. The molecule has 0 bridgehead atoms. The summed E-state index contributed by atoms with van der Waals surface area (Å²) in [6, 6.07) is 11.8. The van der Waals surface area contributed by atoms with E-state index in [9.17, 15) is 0 Å². The molecule has 0 saturated heterocycles. The third-order valence-corrected chi connectivity index (χ3v) is 3.46. The first-order valence-electron chi connectivity index (χ1n) is 5.61. The molecule has 0 radical (unpaired) electrons. The van der Waals surface area contributed by atoms with E-state index in [0.29, 0.717) is 6.42 Å². The number of hydrogen-bond acceptors (Lipinski definition) is 4. The largest absolute Gasteiger partial charge is 0.399 e. The predicted molar refractivity (Wildman–Crippen MR) is 73.4 cm³/mol. The van der Waals surface area contributed by atoms with Gasteiger partial charge in [0.2, 0.25) is 0 Å². The van der Waals surface area contributed by atoms with Crippen molar-refractivity contribution >= 4 is 17.0 Å². The van der Waals surface area contributed by atoms with Gasteiger partial charge < -0.3 is 5.73 Å². The van der Waals surface area contributed by atoms with Crippen LogP contribution < -0.4 is 5.73 Å². The molecule has 0 aliphatic carbocycles. The summed E-state index contributed by atoms with van der Waals surface area (Å²) in [6.45, 7) is 0. The molecule has 0 saturated carbocycles. The van der Waals surface area contributed by atoms with Crippen molar-refractivity contribution in [3.8, 4) is 10.7 Å². The maximum atomic E-state index is 5.75. The number of rotatable bonds is 3. The van der Waals surface area contributed by atoms with Gasteiger partial charge in [0.25, 0.3) is 0 Å². The number of nitrogen functional groups attached to an aromatic ring is 1. The van der Waals surface area contributed by atoms with E-state index in [-0.39, 0.29) is 0 Å². The van der Waals surface area contributed by atoms with E-state index in [1.165, 1.54) is 0 Å². The molecule has 5 heteroatoms. The SMILES string of the molecule is Nc1cccc(Cc2nc(-c3cccs3)n[nH]2)c1. The Morgan fingerprint density at radius 3 is 2.94 bits per heavy atom. The number of anilines is 1. The molecule has 0 aliphatic heterocycles. The number of H-pyrrole nitrogens is 1. The first-order chi connectivity index (χ1) is 8.81. The summed E-state index contributed by atoms with van der Waals surface area (Å²) in [6.07, 6.45) is 0.712. The molecular formula is C13H12N4S. The van der Waals surface area contributed by atoms with Gasteiger partial charge in [-0.2, -0.15) is 5.10 Å². The predicted octanol–water partition coefficient (Wildman–Crippen LogP) is 2.71. The van der Waals surface area contributed by atoms with Crippen molar-refractivity contribution in [1.82, 2.24) is 15.2 Å². The molecule has 0 aliphatic rings. The van der Waals surface area contributed by atoms with Crippen molar-refractivity contribution in [3.63, 3.8) is 0 Å². The highest BCUT2D eigenvalue weighted by molar-refractivity contribution is 7.13. The number of aromatic amines is 1. The van der Waals surface area contributed by atoms with Crippen LogP contribution in [0.1, 0.15) is 11.4 Å². The second-order valence-corrected chi connectivity index (χ2v) is 4.95. The fourth-order valence-electron chi connectivity index (χ4n) is 1.79. The van der Waals surface area contributed by atoms with E-state index < -0.39 is 0 Å². The highest BCUT2D eigenvalue weighted by Crippen LogP contribution is 2.21. The fourth-order valence-corrected chi connectivity index (χ4v) is 2.44. The van der Waals surface area contributed by atoms with Gasteiger partial charge in [-0.1, -0.05) is 18.2 Å². The fraction of sp³-hybridized carbons (Fsp3) is 0.0769. The third kappa shape index (κ3) is 2.26. The van der Waals surface area contributed by atoms with Gasteiger partial charge in [-0.25, -0.2) is 4.98 Å². The van der Waals surface area contributed by atoms with E-state index >= 15 is 0 Å². The molecule has 2 aromatic heterocycles. The maximum absolute atomic E-state index is 5.75. The van der Waals surface area contributed by atoms with E-state index in [2.05, 4.69) is 15.2 Å². The van der Waals surface area contributed by atoms with Crippen LogP contribution in [0.25, 0.3) is 10.7 Å². The zero-order valence-electron chi connectivity index (χ0n) is 9.63. The summed E-state index contributed by atoms with van der Waals surface area (Å²) in [5.74, 6) is 1.60. The molecule has 2 heterocycles. The number of thiophene rings is 1. The summed E-state index contributed by atoms with van der Waals surface area (Å²) in [7, 11) is 0. The van der Waals surface area contributed by atoms with E-state index in [4.69, 9.17) is 5.73 Å². The van der Waals surface area contributed by atoms with Gasteiger partial charge in [-0.05, 0) is 29.1 Å². The summed E-state index contributed by atoms with van der Waals surface area (Å²) in [5.41, 5.74) is 7.65. The minimum atomic E-state index is 0.712. The van der Waals surface area contributed by atoms with Crippen molar-refractivity contribution in [1.29, 1.82) is 0 Å². The van der Waals surface area contributed by atoms with Crippen LogP contribution in [0.3, 0.4) is 0 Å². The zero-order valence-corrected chi connectivity index (χ0v) is 10.4. The molecule has 0 unspecified atom stereocenters. The van der Waals surface area contributed by atoms with Gasteiger partial charge in [0.05, 0.1) is 4.88 Å². The monoisotopic (exact) mass is 256 g/mol. The topological polar surface area (TPSA) is 67.6 Å². The van der Waals surface area contributed by atoms with E-state index in [1.807, 2.05) is 41.8 Å². The molecule has 18 heavy (non-hydrogen) atoms. The Labute approximate surface area is 109 Å². The van der Waals surface area contributed by atoms with Crippen LogP contribution in [0, 0.1) is 0 Å². The lowest BCUT2D eigenvalue weighted by molar-refractivity contribution is 0.973. The summed E-state index contributed by atoms with van der Waals surface area (Å²) >= 11 is 1.63. The molecule has 0 amide bonds. The molecule has 0 atom stereocenters. The summed E-state index contributed by atoms with van der Waals surface area (Å²) in [5, 5.41) is 9.20. The van der Waals surface area contributed by atoms with E-state index in [0.717, 1.165) is 27.8 Å². The Hall–Kier alpha value is -2.14. The van der Waals surface area contributed by atoms with Crippen molar-refractivity contribution in [3.05, 3.63) is 53.2 Å². The highest BCUT2D eigenvalue weighted by atomic mass is 32.1. The van der Waals surface area contributed by atoms with Crippen molar-refractivity contribution in [2.75, 3.05) is 5.73 Å². The van der Waals surface area contributed by atoms with E-state index in [1.54, 1.807) is 11.3 Å². The van der Waals surface area contributed by atoms with Crippen LogP contribution in [-0.4, -0.2) is 15.2 Å². The quantitative estimate of drug-likeness (QED) is 0.708. The Bertz CT molecular complexity index is 643. The van der Waals surface area contributed by atoms with Gasteiger partial charge in [-0.15, -0.1) is 11.3 Å². The van der Waals surface area contributed by atoms with Gasteiger partial charge >= 0.3 is 0 Å². The molecule has 1 aromatic carbocycles. The highest BCUT2D eigenvalue weighted by Gasteiger charge is 2.07. The normalized spacial score (nSPS) is 10.7. The van der Waals surface area contributed by atoms with Gasteiger partial charge in [0.15, 0.2) is 5.82 Å². The van der Waals surface area contributed by atoms with Gasteiger partial charge in [0, 0.05) is 12.1 Å². The number of nitrogens with zero attached hydrogens (tertiary/aromatic N) is 2. The number of nitrogens with one attached hydrogen (secondary N) is 1. The molecule has 4 nitrogen and oxygen atoms in total. The third-order valence-electron chi connectivity index (χ3n) is 2.60. The second kappa shape index (κ2) is 4.62. The zero-order chi connectivity index (χ0) is 12.4. The first kappa shape index (κ1) is 11.0. The Balaban J connectivity index is 1.82. The second-order valence-electron chi connectivity index (χ2n) is 4.00. The molecule has 3 aromatic rings. The summed E-state index contributed by atoms with van der Waals surface area (Å²) in [4.78, 5) is 5.55. The first-order valence-corrected chi connectivity index (χ1v) is 6.49. The van der Waals surface area contributed by atoms with Crippen molar-refractivity contribution < 1.29 is 0 Å². The number of hydrogen-bond donors (Lipinski definition) is 2. The average molecular weight is 256 g/mol. The molecule has 90 valence electrons. The molecular weight excluding hydrogens is 244 g/mol. The molecule has 3 rings (SSSR count). The van der Waals surface area contributed by atoms with Crippen LogP contribution in [0.4, 0.5) is 5.69 Å². The standard InChI is InChI=1S/C13H12N4S/c14-10-4-1-3-9(7-10)8-12-15-13(17-16-12)11-5-2-6-18-11/h1-7H,8,14H2,(H,15,16,17). The molecule has 3 N–H and O–H groups in total. The van der Waals surface area contributed by atoms with Crippen LogP contribution in [0.5, 0.6) is 0 Å². The smallest absolute Gasteiger partial charge is 0.191 e.